The molecule has 0 amide bonds. The lowest BCUT2D eigenvalue weighted by molar-refractivity contribution is 0.350. The number of hydrogen-bond acceptors (Lipinski definition) is 4. The average Bonchev–Trinajstić information content (AvgIpc) is 2.45. The summed E-state index contributed by atoms with van der Waals surface area (Å²) < 4.78 is 51.1. The van der Waals surface area contributed by atoms with Crippen molar-refractivity contribution in [2.24, 2.45) is 0 Å². The molecule has 1 heterocycles. The molecule has 8 heteroatoms. The van der Waals surface area contributed by atoms with Crippen LogP contribution in [0.4, 0.5) is 4.39 Å². The minimum atomic E-state index is -3.93. The molecule has 1 aliphatic heterocycles. The first-order chi connectivity index (χ1) is 9.95. The van der Waals surface area contributed by atoms with Gasteiger partial charge in [0.15, 0.2) is 0 Å². The van der Waals surface area contributed by atoms with Gasteiger partial charge >= 0.3 is 0 Å². The highest BCUT2D eigenvalue weighted by molar-refractivity contribution is 7.89. The van der Waals surface area contributed by atoms with E-state index >= 15 is 0 Å². The zero-order chi connectivity index (χ0) is 15.5. The number of hydrogen-bond donors (Lipinski definition) is 1. The summed E-state index contributed by atoms with van der Waals surface area (Å²) in [4.78, 5) is -0.412. The Balaban J connectivity index is 2.30. The van der Waals surface area contributed by atoms with Gasteiger partial charge in [-0.1, -0.05) is 11.8 Å². The Morgan fingerprint density at radius 3 is 2.57 bits per heavy atom. The quantitative estimate of drug-likeness (QED) is 0.770. The van der Waals surface area contributed by atoms with Gasteiger partial charge in [-0.25, -0.2) is 12.8 Å². The summed E-state index contributed by atoms with van der Waals surface area (Å²) in [5, 5.41) is 8.58. The molecule has 1 aromatic rings. The summed E-state index contributed by atoms with van der Waals surface area (Å²) in [5.41, 5.74) is 0.292. The van der Waals surface area contributed by atoms with Crippen LogP contribution in [0.1, 0.15) is 5.56 Å². The van der Waals surface area contributed by atoms with E-state index < -0.39 is 31.5 Å². The Labute approximate surface area is 125 Å². The fourth-order valence-electron chi connectivity index (χ4n) is 1.93. The van der Waals surface area contributed by atoms with Gasteiger partial charge in [-0.2, -0.15) is 4.31 Å². The Hall–Kier alpha value is -1.27. The molecule has 0 spiro atoms. The monoisotopic (exact) mass is 331 g/mol. The average molecular weight is 331 g/mol. The van der Waals surface area contributed by atoms with Gasteiger partial charge in [0.1, 0.15) is 17.3 Å². The molecule has 1 aliphatic rings. The SMILES string of the molecule is O=S1CCN(S(=O)(=O)c2ccc(C#CCO)cc2F)CC1. The van der Waals surface area contributed by atoms with E-state index in [2.05, 4.69) is 11.8 Å². The maximum Gasteiger partial charge on any atom is 0.246 e. The molecular weight excluding hydrogens is 317 g/mol. The maximum atomic E-state index is 14.0. The van der Waals surface area contributed by atoms with E-state index in [-0.39, 0.29) is 31.2 Å². The van der Waals surface area contributed by atoms with Crippen LogP contribution in [0.5, 0.6) is 0 Å². The first-order valence-electron chi connectivity index (χ1n) is 6.19. The topological polar surface area (TPSA) is 74.7 Å². The molecule has 5 nitrogen and oxygen atoms in total. The van der Waals surface area contributed by atoms with Gasteiger partial charge < -0.3 is 5.11 Å². The molecule has 0 saturated carbocycles. The van der Waals surface area contributed by atoms with E-state index in [1.54, 1.807) is 0 Å². The second kappa shape index (κ2) is 6.66. The fourth-order valence-corrected chi connectivity index (χ4v) is 4.70. The van der Waals surface area contributed by atoms with Gasteiger partial charge in [0, 0.05) is 41.0 Å². The minimum absolute atomic E-state index is 0.125. The van der Waals surface area contributed by atoms with E-state index in [0.29, 0.717) is 5.56 Å². The van der Waals surface area contributed by atoms with Crippen molar-refractivity contribution >= 4 is 20.8 Å². The zero-order valence-corrected chi connectivity index (χ0v) is 12.7. The third-order valence-corrected chi connectivity index (χ3v) is 6.21. The Morgan fingerprint density at radius 2 is 2.00 bits per heavy atom. The van der Waals surface area contributed by atoms with Crippen LogP contribution in [0, 0.1) is 17.7 Å². The van der Waals surface area contributed by atoms with Gasteiger partial charge in [-0.05, 0) is 18.2 Å². The second-order valence-corrected chi connectivity index (χ2v) is 7.96. The normalized spacial score (nSPS) is 17.2. The molecule has 0 aliphatic carbocycles. The number of nitrogens with zero attached hydrogens (tertiary/aromatic N) is 1. The molecule has 0 atom stereocenters. The third kappa shape index (κ3) is 3.68. The van der Waals surface area contributed by atoms with Crippen molar-refractivity contribution in [3.8, 4) is 11.8 Å². The number of aliphatic hydroxyl groups excluding tert-OH is 1. The van der Waals surface area contributed by atoms with Crippen LogP contribution >= 0.6 is 0 Å². The highest BCUT2D eigenvalue weighted by Gasteiger charge is 2.30. The van der Waals surface area contributed by atoms with E-state index in [9.17, 15) is 17.0 Å². The number of halogens is 1. The van der Waals surface area contributed by atoms with Crippen LogP contribution in [0.25, 0.3) is 0 Å². The summed E-state index contributed by atoms with van der Waals surface area (Å²) in [6.07, 6.45) is 0. The highest BCUT2D eigenvalue weighted by Crippen LogP contribution is 2.21. The molecule has 2 rings (SSSR count). The van der Waals surface area contributed by atoms with Gasteiger partial charge in [0.25, 0.3) is 0 Å². The number of aliphatic hydroxyl groups is 1. The maximum absolute atomic E-state index is 14.0. The smallest absolute Gasteiger partial charge is 0.246 e. The fraction of sp³-hybridized carbons (Fsp3) is 0.385. The Kier molecular flexibility index (Phi) is 5.11. The predicted octanol–water partition coefficient (Wildman–Crippen LogP) is -0.0775. The largest absolute Gasteiger partial charge is 0.384 e. The van der Waals surface area contributed by atoms with E-state index in [1.165, 1.54) is 6.07 Å². The van der Waals surface area contributed by atoms with Crippen LogP contribution in [0.2, 0.25) is 0 Å². The lowest BCUT2D eigenvalue weighted by Crippen LogP contribution is -2.41. The molecule has 1 N–H and O–H groups in total. The summed E-state index contributed by atoms with van der Waals surface area (Å²) in [6.45, 7) is -0.104. The third-order valence-electron chi connectivity index (χ3n) is 3.00. The Bertz CT molecular complexity index is 711. The van der Waals surface area contributed by atoms with Crippen LogP contribution in [0.15, 0.2) is 23.1 Å². The minimum Gasteiger partial charge on any atom is -0.384 e. The van der Waals surface area contributed by atoms with Gasteiger partial charge in [-0.15, -0.1) is 0 Å². The molecule has 1 aromatic carbocycles. The number of sulfonamides is 1. The van der Waals surface area contributed by atoms with Crippen LogP contribution in [-0.4, -0.2) is 53.2 Å². The van der Waals surface area contributed by atoms with Crippen molar-refractivity contribution in [2.75, 3.05) is 31.2 Å². The van der Waals surface area contributed by atoms with Crippen molar-refractivity contribution in [3.05, 3.63) is 29.6 Å². The van der Waals surface area contributed by atoms with Crippen molar-refractivity contribution < 1.29 is 22.1 Å². The van der Waals surface area contributed by atoms with E-state index in [1.807, 2.05) is 0 Å². The molecule has 1 fully saturated rings. The summed E-state index contributed by atoms with van der Waals surface area (Å²) in [7, 11) is -4.93. The Morgan fingerprint density at radius 1 is 1.33 bits per heavy atom. The van der Waals surface area contributed by atoms with Crippen molar-refractivity contribution in [1.29, 1.82) is 0 Å². The van der Waals surface area contributed by atoms with E-state index in [4.69, 9.17) is 5.11 Å². The molecular formula is C13H14FNO4S2. The molecule has 21 heavy (non-hydrogen) atoms. The summed E-state index contributed by atoms with van der Waals surface area (Å²) in [5.74, 6) is 4.52. The standard InChI is InChI=1S/C13H14FNO4S2/c14-12-10-11(2-1-7-16)3-4-13(12)21(18,19)15-5-8-20(17)9-6-15/h3-4,10,16H,5-9H2. The number of rotatable bonds is 2. The van der Waals surface area contributed by atoms with E-state index in [0.717, 1.165) is 16.4 Å². The van der Waals surface area contributed by atoms with Crippen molar-refractivity contribution in [1.82, 2.24) is 4.31 Å². The van der Waals surface area contributed by atoms with Crippen LogP contribution in [-0.2, 0) is 20.8 Å². The molecule has 1 saturated heterocycles. The summed E-state index contributed by atoms with van der Waals surface area (Å²) in [6, 6.07) is 3.58. The molecule has 0 aromatic heterocycles. The second-order valence-electron chi connectivity index (χ2n) is 4.36. The molecule has 114 valence electrons. The summed E-state index contributed by atoms with van der Waals surface area (Å²) >= 11 is 0. The van der Waals surface area contributed by atoms with Crippen LogP contribution < -0.4 is 0 Å². The zero-order valence-electron chi connectivity index (χ0n) is 11.1. The molecule has 0 radical (unpaired) electrons. The number of benzene rings is 1. The predicted molar refractivity (Wildman–Crippen MR) is 77.0 cm³/mol. The first-order valence-corrected chi connectivity index (χ1v) is 9.12. The molecule has 0 bridgehead atoms. The van der Waals surface area contributed by atoms with Crippen LogP contribution in [0.3, 0.4) is 0 Å². The lowest BCUT2D eigenvalue weighted by atomic mass is 10.2. The molecule has 0 unspecified atom stereocenters. The van der Waals surface area contributed by atoms with Gasteiger partial charge in [0.05, 0.1) is 0 Å². The highest BCUT2D eigenvalue weighted by atomic mass is 32.2. The van der Waals surface area contributed by atoms with Gasteiger partial charge in [-0.3, -0.25) is 4.21 Å². The first kappa shape index (κ1) is 16.1. The van der Waals surface area contributed by atoms with Crippen molar-refractivity contribution in [3.63, 3.8) is 0 Å². The van der Waals surface area contributed by atoms with Gasteiger partial charge in [0.2, 0.25) is 10.0 Å². The van der Waals surface area contributed by atoms with Crippen molar-refractivity contribution in [2.45, 2.75) is 4.90 Å². The lowest BCUT2D eigenvalue weighted by Gasteiger charge is -2.25.